The van der Waals surface area contributed by atoms with Gasteiger partial charge in [-0.15, -0.1) is 5.10 Å². The molecule has 3 aromatic rings. The van der Waals surface area contributed by atoms with Gasteiger partial charge in [0, 0.05) is 54.8 Å². The van der Waals surface area contributed by atoms with Crippen molar-refractivity contribution in [2.45, 2.75) is 58.4 Å². The molecule has 2 aromatic heterocycles. The molecule has 1 aromatic carbocycles. The van der Waals surface area contributed by atoms with Crippen LogP contribution >= 0.6 is 0 Å². The fraction of sp³-hybridized carbons (Fsp3) is 0.480. The summed E-state index contributed by atoms with van der Waals surface area (Å²) in [4.78, 5) is 9.22. The van der Waals surface area contributed by atoms with Gasteiger partial charge in [-0.3, -0.25) is 4.90 Å². The standard InChI is InChI=1S/C25H30F4N6/c1-14(2)35-10-9-17(13-35)34(5)22-11-19-20(12-30-22)16(4)32-33-24(19)31-15(3)18-7-6-8-21(23(18)26)25(27,28)29/h6-8,11-12,14-15,17H,9-10,13H2,1-5H3,(H,31,33)/t15-,17-/m1/s1. The van der Waals surface area contributed by atoms with Crippen LogP contribution in [0, 0.1) is 12.7 Å². The Morgan fingerprint density at radius 3 is 2.54 bits per heavy atom. The average Bonchev–Trinajstić information content (AvgIpc) is 3.30. The molecule has 0 bridgehead atoms. The first-order valence-electron chi connectivity index (χ1n) is 11.7. The molecule has 2 atom stereocenters. The number of likely N-dealkylation sites (tertiary alicyclic amines) is 1. The summed E-state index contributed by atoms with van der Waals surface area (Å²) in [5, 5.41) is 13.0. The minimum absolute atomic E-state index is 0.0959. The zero-order valence-electron chi connectivity index (χ0n) is 20.5. The molecule has 0 saturated carbocycles. The Bertz CT molecular complexity index is 1210. The molecule has 1 aliphatic rings. The number of pyridine rings is 1. The van der Waals surface area contributed by atoms with Gasteiger partial charge in [0.1, 0.15) is 11.6 Å². The van der Waals surface area contributed by atoms with Gasteiger partial charge >= 0.3 is 6.18 Å². The molecule has 0 spiro atoms. The zero-order chi connectivity index (χ0) is 25.5. The molecule has 0 aliphatic carbocycles. The lowest BCUT2D eigenvalue weighted by Gasteiger charge is -2.27. The molecule has 1 N–H and O–H groups in total. The highest BCUT2D eigenvalue weighted by molar-refractivity contribution is 5.94. The molecule has 0 radical (unpaired) electrons. The number of nitrogens with one attached hydrogen (secondary N) is 1. The Balaban J connectivity index is 1.66. The Morgan fingerprint density at radius 1 is 1.14 bits per heavy atom. The molecule has 35 heavy (non-hydrogen) atoms. The summed E-state index contributed by atoms with van der Waals surface area (Å²) in [5.41, 5.74) is -0.706. The van der Waals surface area contributed by atoms with Crippen LogP contribution < -0.4 is 10.2 Å². The average molecular weight is 491 g/mol. The summed E-state index contributed by atoms with van der Waals surface area (Å²) >= 11 is 0. The topological polar surface area (TPSA) is 57.2 Å². The Morgan fingerprint density at radius 2 is 1.89 bits per heavy atom. The Hall–Kier alpha value is -3.01. The van der Waals surface area contributed by atoms with Crippen LogP contribution in [0.3, 0.4) is 0 Å². The van der Waals surface area contributed by atoms with Gasteiger partial charge in [0.15, 0.2) is 5.82 Å². The number of likely N-dealkylation sites (N-methyl/N-ethyl adjacent to an activating group) is 1. The summed E-state index contributed by atoms with van der Waals surface area (Å²) in [7, 11) is 2.01. The molecular formula is C25H30F4N6. The van der Waals surface area contributed by atoms with Crippen molar-refractivity contribution in [2.75, 3.05) is 30.4 Å². The summed E-state index contributed by atoms with van der Waals surface area (Å²) in [6.45, 7) is 9.75. The molecule has 1 fully saturated rings. The van der Waals surface area contributed by atoms with E-state index >= 15 is 0 Å². The number of anilines is 2. The van der Waals surface area contributed by atoms with Crippen molar-refractivity contribution in [2.24, 2.45) is 0 Å². The van der Waals surface area contributed by atoms with Crippen LogP contribution in [0.5, 0.6) is 0 Å². The molecule has 3 heterocycles. The van der Waals surface area contributed by atoms with E-state index < -0.39 is 23.6 Å². The van der Waals surface area contributed by atoms with Crippen molar-refractivity contribution in [3.63, 3.8) is 0 Å². The zero-order valence-corrected chi connectivity index (χ0v) is 20.5. The number of hydrogen-bond acceptors (Lipinski definition) is 6. The smallest absolute Gasteiger partial charge is 0.361 e. The highest BCUT2D eigenvalue weighted by Crippen LogP contribution is 2.35. The van der Waals surface area contributed by atoms with Crippen LogP contribution in [0.4, 0.5) is 29.2 Å². The van der Waals surface area contributed by atoms with Crippen LogP contribution in [0.2, 0.25) is 0 Å². The van der Waals surface area contributed by atoms with Crippen LogP contribution in [-0.2, 0) is 6.18 Å². The second-order valence-corrected chi connectivity index (χ2v) is 9.44. The lowest BCUT2D eigenvalue weighted by molar-refractivity contribution is -0.140. The van der Waals surface area contributed by atoms with E-state index in [1.165, 1.54) is 12.1 Å². The van der Waals surface area contributed by atoms with E-state index in [0.29, 0.717) is 23.6 Å². The number of nitrogens with zero attached hydrogens (tertiary/aromatic N) is 5. The molecule has 1 saturated heterocycles. The third kappa shape index (κ3) is 5.03. The van der Waals surface area contributed by atoms with E-state index in [9.17, 15) is 17.6 Å². The molecule has 0 unspecified atom stereocenters. The first-order chi connectivity index (χ1) is 16.5. The van der Waals surface area contributed by atoms with Crippen molar-refractivity contribution in [1.29, 1.82) is 0 Å². The lowest BCUT2D eigenvalue weighted by Crippen LogP contribution is -2.36. The van der Waals surface area contributed by atoms with Gasteiger partial charge in [0.2, 0.25) is 0 Å². The van der Waals surface area contributed by atoms with E-state index in [1.54, 1.807) is 13.1 Å². The molecule has 188 valence electrons. The maximum absolute atomic E-state index is 14.7. The van der Waals surface area contributed by atoms with Crippen molar-refractivity contribution >= 4 is 22.4 Å². The van der Waals surface area contributed by atoms with E-state index in [0.717, 1.165) is 42.2 Å². The van der Waals surface area contributed by atoms with E-state index in [4.69, 9.17) is 0 Å². The number of alkyl halides is 3. The van der Waals surface area contributed by atoms with E-state index in [2.05, 4.69) is 44.1 Å². The predicted molar refractivity (Wildman–Crippen MR) is 129 cm³/mol. The molecule has 6 nitrogen and oxygen atoms in total. The first kappa shape index (κ1) is 25.1. The number of aromatic nitrogens is 3. The second kappa shape index (κ2) is 9.56. The quantitative estimate of drug-likeness (QED) is 0.455. The number of rotatable bonds is 6. The highest BCUT2D eigenvalue weighted by atomic mass is 19.4. The van der Waals surface area contributed by atoms with Crippen LogP contribution in [-0.4, -0.2) is 52.3 Å². The lowest BCUT2D eigenvalue weighted by atomic mass is 10.0. The van der Waals surface area contributed by atoms with Crippen LogP contribution in [0.25, 0.3) is 10.8 Å². The number of benzene rings is 1. The van der Waals surface area contributed by atoms with E-state index in [1.807, 2.05) is 20.0 Å². The maximum Gasteiger partial charge on any atom is 0.419 e. The molecule has 0 amide bonds. The van der Waals surface area contributed by atoms with Gasteiger partial charge in [-0.2, -0.15) is 18.3 Å². The molecular weight excluding hydrogens is 460 g/mol. The van der Waals surface area contributed by atoms with Gasteiger partial charge in [0.25, 0.3) is 0 Å². The largest absolute Gasteiger partial charge is 0.419 e. The maximum atomic E-state index is 14.7. The Labute approximate surface area is 202 Å². The van der Waals surface area contributed by atoms with Gasteiger partial charge in [-0.25, -0.2) is 9.37 Å². The summed E-state index contributed by atoms with van der Waals surface area (Å²) in [5.74, 6) is -0.161. The molecule has 4 rings (SSSR count). The van der Waals surface area contributed by atoms with Gasteiger partial charge in [0.05, 0.1) is 17.3 Å². The van der Waals surface area contributed by atoms with Gasteiger partial charge in [-0.1, -0.05) is 12.1 Å². The van der Waals surface area contributed by atoms with Crippen LogP contribution in [0.15, 0.2) is 30.5 Å². The van der Waals surface area contributed by atoms with E-state index in [-0.39, 0.29) is 5.56 Å². The summed E-state index contributed by atoms with van der Waals surface area (Å²) < 4.78 is 54.3. The Kier molecular flexibility index (Phi) is 6.86. The number of hydrogen-bond donors (Lipinski definition) is 1. The van der Waals surface area contributed by atoms with Crippen molar-refractivity contribution in [1.82, 2.24) is 20.1 Å². The van der Waals surface area contributed by atoms with Crippen LogP contribution in [0.1, 0.15) is 50.1 Å². The summed E-state index contributed by atoms with van der Waals surface area (Å²) in [6, 6.07) is 5.21. The fourth-order valence-corrected chi connectivity index (χ4v) is 4.59. The third-order valence-corrected chi connectivity index (χ3v) is 6.82. The monoisotopic (exact) mass is 490 g/mol. The minimum Gasteiger partial charge on any atom is -0.361 e. The first-order valence-corrected chi connectivity index (χ1v) is 11.7. The fourth-order valence-electron chi connectivity index (χ4n) is 4.59. The summed E-state index contributed by atoms with van der Waals surface area (Å²) in [6.07, 6.45) is -2.01. The normalized spacial score (nSPS) is 17.8. The van der Waals surface area contributed by atoms with Crippen molar-refractivity contribution in [3.8, 4) is 0 Å². The van der Waals surface area contributed by atoms with Gasteiger partial charge in [-0.05, 0) is 46.2 Å². The number of aryl methyl sites for hydroxylation is 1. The second-order valence-electron chi connectivity index (χ2n) is 9.44. The number of halogens is 4. The molecule has 10 heteroatoms. The number of fused-ring (bicyclic) bond motifs is 1. The minimum atomic E-state index is -4.77. The predicted octanol–water partition coefficient (Wildman–Crippen LogP) is 5.58. The van der Waals surface area contributed by atoms with Gasteiger partial charge < -0.3 is 10.2 Å². The van der Waals surface area contributed by atoms with Crippen molar-refractivity contribution in [3.05, 3.63) is 53.1 Å². The highest BCUT2D eigenvalue weighted by Gasteiger charge is 2.35. The molecule has 1 aliphatic heterocycles. The SMILES string of the molecule is Cc1nnc(N[C@H](C)c2cccc(C(F)(F)F)c2F)c2cc(N(C)[C@@H]3CCN(C(C)C)C3)ncc12. The third-order valence-electron chi connectivity index (χ3n) is 6.82. The van der Waals surface area contributed by atoms with Crippen molar-refractivity contribution < 1.29 is 17.6 Å².